The zero-order chi connectivity index (χ0) is 41.0. The second kappa shape index (κ2) is 17.4. The average Bonchev–Trinajstić information content (AvgIpc) is 3.59. The van der Waals surface area contributed by atoms with Crippen LogP contribution in [0.5, 0.6) is 0 Å². The first-order chi connectivity index (χ1) is 26.2. The molecule has 4 aromatic rings. The van der Waals surface area contributed by atoms with Gasteiger partial charge in [0, 0.05) is 16.2 Å². The van der Waals surface area contributed by atoms with Crippen LogP contribution in [0.3, 0.4) is 0 Å². The van der Waals surface area contributed by atoms with Crippen molar-refractivity contribution in [2.45, 2.75) is 113 Å². The second-order valence-corrected chi connectivity index (χ2v) is 18.7. The number of carbonyl (C=O) groups is 3. The Morgan fingerprint density at radius 3 is 1.93 bits per heavy atom. The smallest absolute Gasteiger partial charge is 0.311 e. The minimum absolute atomic E-state index is 0.151. The van der Waals surface area contributed by atoms with E-state index in [-0.39, 0.29) is 19.0 Å². The molecule has 5 atom stereocenters. The van der Waals surface area contributed by atoms with Gasteiger partial charge in [-0.05, 0) is 121 Å². The van der Waals surface area contributed by atoms with Gasteiger partial charge in [-0.15, -0.1) is 11.3 Å². The molecule has 3 aromatic carbocycles. The number of ether oxygens (including phenoxy) is 5. The zero-order valence-electron chi connectivity index (χ0n) is 34.1. The Bertz CT molecular complexity index is 1970. The SMILES string of the molecule is Cc1ccc([C@@H]2OC(COC(=O)C(C)(C)C)[C@@H](OC(=O)C(C)(C)C)[C@H](OC(=O)C(C)(C)C)C2OCc2ccccc2)cc1Cc1ccc(-c2ccc(F)cc2)s1. The highest BCUT2D eigenvalue weighted by Gasteiger charge is 2.53. The normalized spacial score (nSPS) is 20.3. The lowest BCUT2D eigenvalue weighted by Gasteiger charge is -2.46. The Balaban J connectivity index is 1.59. The molecule has 1 aromatic heterocycles. The van der Waals surface area contributed by atoms with E-state index in [4.69, 9.17) is 23.7 Å². The summed E-state index contributed by atoms with van der Waals surface area (Å²) in [6, 6.07) is 26.3. The maximum Gasteiger partial charge on any atom is 0.311 e. The summed E-state index contributed by atoms with van der Waals surface area (Å²) in [7, 11) is 0. The summed E-state index contributed by atoms with van der Waals surface area (Å²) >= 11 is 1.64. The van der Waals surface area contributed by atoms with Crippen LogP contribution in [0.1, 0.15) is 95.5 Å². The Kier molecular flexibility index (Phi) is 13.3. The number of carbonyl (C=O) groups excluding carboxylic acids is 3. The summed E-state index contributed by atoms with van der Waals surface area (Å²) in [5.41, 5.74) is 2.06. The lowest BCUT2D eigenvalue weighted by Crippen LogP contribution is -2.60. The summed E-state index contributed by atoms with van der Waals surface area (Å²) in [4.78, 5) is 42.7. The Morgan fingerprint density at radius 1 is 0.714 bits per heavy atom. The largest absolute Gasteiger partial charge is 0.462 e. The summed E-state index contributed by atoms with van der Waals surface area (Å²) < 4.78 is 45.6. The molecule has 2 unspecified atom stereocenters. The molecule has 5 rings (SSSR count). The van der Waals surface area contributed by atoms with Crippen molar-refractivity contribution in [1.29, 1.82) is 0 Å². The first kappa shape index (κ1) is 42.8. The first-order valence-electron chi connectivity index (χ1n) is 19.0. The fourth-order valence-corrected chi connectivity index (χ4v) is 7.04. The third-order valence-electron chi connectivity index (χ3n) is 9.48. The fourth-order valence-electron chi connectivity index (χ4n) is 6.01. The lowest BCUT2D eigenvalue weighted by atomic mass is 9.88. The third-order valence-corrected chi connectivity index (χ3v) is 10.6. The van der Waals surface area contributed by atoms with Gasteiger partial charge in [0.25, 0.3) is 0 Å². The van der Waals surface area contributed by atoms with E-state index < -0.39 is 64.7 Å². The van der Waals surface area contributed by atoms with Gasteiger partial charge in [-0.2, -0.15) is 0 Å². The summed E-state index contributed by atoms with van der Waals surface area (Å²) in [6.07, 6.45) is -4.51. The van der Waals surface area contributed by atoms with Gasteiger partial charge in [-0.3, -0.25) is 14.4 Å². The molecule has 1 aliphatic rings. The Morgan fingerprint density at radius 2 is 1.32 bits per heavy atom. The van der Waals surface area contributed by atoms with E-state index in [1.54, 1.807) is 85.8 Å². The molecule has 1 aliphatic heterocycles. The second-order valence-electron chi connectivity index (χ2n) is 17.6. The molecule has 0 bridgehead atoms. The summed E-state index contributed by atoms with van der Waals surface area (Å²) in [5.74, 6) is -1.79. The van der Waals surface area contributed by atoms with E-state index in [0.29, 0.717) is 6.42 Å². The number of hydrogen-bond donors (Lipinski definition) is 0. The maximum absolute atomic E-state index is 13.8. The predicted molar refractivity (Wildman–Crippen MR) is 215 cm³/mol. The molecule has 1 saturated heterocycles. The summed E-state index contributed by atoms with van der Waals surface area (Å²) in [5, 5.41) is 0. The monoisotopic (exact) mass is 786 g/mol. The van der Waals surface area contributed by atoms with Gasteiger partial charge in [0.05, 0.1) is 22.9 Å². The van der Waals surface area contributed by atoms with E-state index in [9.17, 15) is 18.8 Å². The molecule has 8 nitrogen and oxygen atoms in total. The van der Waals surface area contributed by atoms with Crippen LogP contribution in [0.25, 0.3) is 10.4 Å². The van der Waals surface area contributed by atoms with Crippen molar-refractivity contribution in [3.63, 3.8) is 0 Å². The van der Waals surface area contributed by atoms with Crippen LogP contribution in [-0.2, 0) is 51.1 Å². The molecule has 56 heavy (non-hydrogen) atoms. The van der Waals surface area contributed by atoms with E-state index in [2.05, 4.69) is 12.1 Å². The van der Waals surface area contributed by atoms with E-state index in [1.165, 1.54) is 12.1 Å². The van der Waals surface area contributed by atoms with Crippen LogP contribution < -0.4 is 0 Å². The van der Waals surface area contributed by atoms with Crippen molar-refractivity contribution in [3.05, 3.63) is 118 Å². The van der Waals surface area contributed by atoms with Crippen LogP contribution in [0.4, 0.5) is 4.39 Å². The number of esters is 3. The topological polar surface area (TPSA) is 97.4 Å². The molecule has 0 N–H and O–H groups in total. The molecule has 0 saturated carbocycles. The van der Waals surface area contributed by atoms with Gasteiger partial charge in [-0.25, -0.2) is 4.39 Å². The van der Waals surface area contributed by atoms with Crippen LogP contribution in [-0.4, -0.2) is 48.9 Å². The van der Waals surface area contributed by atoms with Crippen molar-refractivity contribution in [1.82, 2.24) is 0 Å². The molecule has 0 spiro atoms. The number of hydrogen-bond acceptors (Lipinski definition) is 9. The Hall–Kier alpha value is -4.38. The standard InChI is InChI=1S/C46H55FO8S/c1-28-16-17-31(24-32(28)25-34-22-23-36(56-34)30-18-20-33(47)21-19-30)37-39(51-26-29-14-12-11-13-15-29)40(55-43(50)46(8,9)10)38(54-42(49)45(5,6)7)35(53-37)27-52-41(48)44(2,3)4/h11-24,35,37-40H,25-27H2,1-10H3/t35?,37-,38+,39?,40-/m0/s1. The molecule has 300 valence electrons. The van der Waals surface area contributed by atoms with Crippen molar-refractivity contribution >= 4 is 29.2 Å². The van der Waals surface area contributed by atoms with Crippen molar-refractivity contribution in [2.75, 3.05) is 6.61 Å². The van der Waals surface area contributed by atoms with E-state index >= 15 is 0 Å². The predicted octanol–water partition coefficient (Wildman–Crippen LogP) is 9.98. The minimum atomic E-state index is -1.18. The third kappa shape index (κ3) is 10.9. The van der Waals surface area contributed by atoms with Crippen LogP contribution in [0, 0.1) is 29.0 Å². The molecule has 0 amide bonds. The highest BCUT2D eigenvalue weighted by atomic mass is 32.1. The minimum Gasteiger partial charge on any atom is -0.462 e. The van der Waals surface area contributed by atoms with Crippen molar-refractivity contribution in [2.24, 2.45) is 16.2 Å². The maximum atomic E-state index is 13.8. The van der Waals surface area contributed by atoms with Gasteiger partial charge in [-0.1, -0.05) is 60.7 Å². The molecule has 1 fully saturated rings. The van der Waals surface area contributed by atoms with E-state index in [1.807, 2.05) is 55.5 Å². The Labute approximate surface area is 334 Å². The van der Waals surface area contributed by atoms with Gasteiger partial charge >= 0.3 is 17.9 Å². The quantitative estimate of drug-likeness (QED) is 0.110. The zero-order valence-corrected chi connectivity index (χ0v) is 35.0. The van der Waals surface area contributed by atoms with Crippen LogP contribution in [0.15, 0.2) is 84.9 Å². The van der Waals surface area contributed by atoms with Gasteiger partial charge in [0.1, 0.15) is 30.7 Å². The van der Waals surface area contributed by atoms with Crippen molar-refractivity contribution < 1.29 is 42.5 Å². The number of rotatable bonds is 11. The molecule has 0 radical (unpaired) electrons. The molecular formula is C46H55FO8S. The number of halogens is 1. The average molecular weight is 787 g/mol. The van der Waals surface area contributed by atoms with Crippen LogP contribution in [0.2, 0.25) is 0 Å². The van der Waals surface area contributed by atoms with Gasteiger partial charge < -0.3 is 23.7 Å². The fraction of sp³-hybridized carbons (Fsp3) is 0.457. The first-order valence-corrected chi connectivity index (χ1v) is 19.9. The molecular weight excluding hydrogens is 732 g/mol. The molecule has 2 heterocycles. The molecule has 0 aliphatic carbocycles. The van der Waals surface area contributed by atoms with Crippen molar-refractivity contribution in [3.8, 4) is 10.4 Å². The highest BCUT2D eigenvalue weighted by Crippen LogP contribution is 2.41. The lowest BCUT2D eigenvalue weighted by molar-refractivity contribution is -0.265. The highest BCUT2D eigenvalue weighted by molar-refractivity contribution is 7.15. The molecule has 10 heteroatoms. The number of thiophene rings is 1. The number of aryl methyl sites for hydroxylation is 1. The van der Waals surface area contributed by atoms with Gasteiger partial charge in [0.15, 0.2) is 12.2 Å². The van der Waals surface area contributed by atoms with Gasteiger partial charge in [0.2, 0.25) is 0 Å². The van der Waals surface area contributed by atoms with E-state index in [0.717, 1.165) is 37.6 Å². The summed E-state index contributed by atoms with van der Waals surface area (Å²) in [6.45, 7) is 17.7. The van der Waals surface area contributed by atoms with Crippen LogP contribution >= 0.6 is 11.3 Å². The number of benzene rings is 3.